The van der Waals surface area contributed by atoms with Crippen LogP contribution in [0.2, 0.25) is 19.9 Å². The van der Waals surface area contributed by atoms with Crippen LogP contribution in [0.15, 0.2) is 70.6 Å². The Morgan fingerprint density at radius 2 is 1.39 bits per heavy atom. The van der Waals surface area contributed by atoms with E-state index in [9.17, 15) is 0 Å². The predicted molar refractivity (Wildman–Crippen MR) is 96.9 cm³/mol. The van der Waals surface area contributed by atoms with E-state index in [-0.39, 0.29) is 0 Å². The molecule has 1 heteroatoms. The Hall–Kier alpha value is -1.37. The molecule has 0 unspecified atom stereocenters. The average molecular weight is 336 g/mol. The van der Waals surface area contributed by atoms with E-state index in [1.54, 1.807) is 15.0 Å². The summed E-state index contributed by atoms with van der Waals surface area (Å²) in [5.41, 5.74) is 6.18. The molecule has 23 heavy (non-hydrogen) atoms. The standard InChI is InChI=1S/C13H9.C5H5.C2H4.2CH3.Ti/c1-3-7-12-10(5-1)9-11-6-2-4-8-13(11)12;1-2-4-5-3-1;1-2;;;/h1-9H;1-3H,4H2;1-2H2;2*1H3;. The molecule has 3 aliphatic rings. The number of rotatable bonds is 2. The van der Waals surface area contributed by atoms with E-state index in [1.807, 2.05) is 0 Å². The van der Waals surface area contributed by atoms with E-state index < -0.39 is 14.0 Å². The summed E-state index contributed by atoms with van der Waals surface area (Å²) in [6, 6.07) is 18.4. The van der Waals surface area contributed by atoms with Gasteiger partial charge in [0.15, 0.2) is 0 Å². The van der Waals surface area contributed by atoms with Gasteiger partial charge in [0.25, 0.3) is 0 Å². The topological polar surface area (TPSA) is 0 Å². The Morgan fingerprint density at radius 3 is 1.87 bits per heavy atom. The first kappa shape index (κ1) is 14.0. The summed E-state index contributed by atoms with van der Waals surface area (Å²) in [6.45, 7) is 0. The van der Waals surface area contributed by atoms with Crippen molar-refractivity contribution in [2.75, 3.05) is 0 Å². The van der Waals surface area contributed by atoms with Crippen molar-refractivity contribution in [2.45, 2.75) is 30.6 Å². The van der Waals surface area contributed by atoms with Gasteiger partial charge in [-0.15, -0.1) is 0 Å². The Bertz CT molecular complexity index is 873. The van der Waals surface area contributed by atoms with Crippen molar-refractivity contribution in [1.82, 2.24) is 0 Å². The zero-order valence-corrected chi connectivity index (χ0v) is 15.6. The van der Waals surface area contributed by atoms with Crippen molar-refractivity contribution in [3.05, 3.63) is 81.8 Å². The van der Waals surface area contributed by atoms with Gasteiger partial charge in [-0.2, -0.15) is 0 Å². The van der Waals surface area contributed by atoms with E-state index in [0.717, 1.165) is 0 Å². The normalized spacial score (nSPS) is 27.8. The van der Waals surface area contributed by atoms with Crippen molar-refractivity contribution < 1.29 is 14.0 Å². The fraction of sp³-hybridized carbons (Fsp3) is 0.273. The molecule has 1 saturated heterocycles. The maximum absolute atomic E-state index is 3.22. The monoisotopic (exact) mass is 336 g/mol. The summed E-state index contributed by atoms with van der Waals surface area (Å²) in [7, 11) is 0. The van der Waals surface area contributed by atoms with E-state index >= 15 is 0 Å². The Labute approximate surface area is 137 Å². The van der Waals surface area contributed by atoms with Crippen LogP contribution < -0.4 is 0 Å². The second-order valence-corrected chi connectivity index (χ2v) is 26.0. The number of allylic oxidation sites excluding steroid dienone is 4. The van der Waals surface area contributed by atoms with Gasteiger partial charge in [0.2, 0.25) is 0 Å². The van der Waals surface area contributed by atoms with Gasteiger partial charge < -0.3 is 0 Å². The molecular weight excluding hydrogens is 312 g/mol. The molecule has 2 aromatic rings. The SMILES string of the molecule is [CH3][Ti]1([CH3])([C]2=CC=CC2)([CH]2c3ccccc3-c3ccccc32)[CH2][CH2]1. The van der Waals surface area contributed by atoms with E-state index in [4.69, 9.17) is 0 Å². The van der Waals surface area contributed by atoms with Crippen molar-refractivity contribution in [3.63, 3.8) is 0 Å². The molecule has 2 aromatic carbocycles. The Kier molecular flexibility index (Phi) is 2.33. The minimum absolute atomic E-state index is 0.647. The molecule has 2 aliphatic carbocycles. The summed E-state index contributed by atoms with van der Waals surface area (Å²) < 4.78 is 5.37. The summed E-state index contributed by atoms with van der Waals surface area (Å²) in [4.78, 5) is 0. The van der Waals surface area contributed by atoms with Crippen LogP contribution in [-0.2, 0) is 14.0 Å². The first-order valence-corrected chi connectivity index (χ1v) is 16.0. The molecule has 0 spiro atoms. The van der Waals surface area contributed by atoms with Crippen molar-refractivity contribution >= 4 is 0 Å². The van der Waals surface area contributed by atoms with Gasteiger partial charge in [-0.25, -0.2) is 0 Å². The third kappa shape index (κ3) is 1.52. The van der Waals surface area contributed by atoms with Crippen LogP contribution in [-0.4, -0.2) is 0 Å². The first-order valence-electron chi connectivity index (χ1n) is 8.94. The van der Waals surface area contributed by atoms with E-state index in [1.165, 1.54) is 27.0 Å². The number of hydrogen-bond acceptors (Lipinski definition) is 0. The van der Waals surface area contributed by atoms with Crippen molar-refractivity contribution in [2.24, 2.45) is 0 Å². The molecule has 0 nitrogen and oxygen atoms in total. The van der Waals surface area contributed by atoms with Gasteiger partial charge in [0.1, 0.15) is 0 Å². The maximum atomic E-state index is 2.74. The van der Waals surface area contributed by atoms with Crippen LogP contribution in [0.25, 0.3) is 11.1 Å². The first-order chi connectivity index (χ1) is 11.0. The zero-order chi connectivity index (χ0) is 15.8. The van der Waals surface area contributed by atoms with E-state index in [0.29, 0.717) is 4.22 Å². The summed E-state index contributed by atoms with van der Waals surface area (Å²) >= 11 is -3.22. The van der Waals surface area contributed by atoms with Gasteiger partial charge in [0.05, 0.1) is 0 Å². The van der Waals surface area contributed by atoms with E-state index in [2.05, 4.69) is 77.2 Å². The molecule has 1 fully saturated rings. The van der Waals surface area contributed by atoms with Crippen LogP contribution in [0.5, 0.6) is 0 Å². The Balaban J connectivity index is 1.85. The molecule has 0 amide bonds. The molecule has 1 aliphatic heterocycles. The molecule has 0 atom stereocenters. The van der Waals surface area contributed by atoms with Crippen LogP contribution in [0.3, 0.4) is 0 Å². The average Bonchev–Trinajstić information content (AvgIpc) is 2.99. The van der Waals surface area contributed by atoms with Crippen molar-refractivity contribution in [1.29, 1.82) is 0 Å². The third-order valence-electron chi connectivity index (χ3n) is 7.81. The van der Waals surface area contributed by atoms with Gasteiger partial charge >= 0.3 is 137 Å². The Morgan fingerprint density at radius 1 is 0.826 bits per heavy atom. The predicted octanol–water partition coefficient (Wildman–Crippen LogP) is 6.77. The van der Waals surface area contributed by atoms with Gasteiger partial charge in [-0.3, -0.25) is 0 Å². The van der Waals surface area contributed by atoms with Gasteiger partial charge in [-0.05, 0) is 0 Å². The fourth-order valence-electron chi connectivity index (χ4n) is 5.74. The van der Waals surface area contributed by atoms with Gasteiger partial charge in [0, 0.05) is 0 Å². The molecule has 116 valence electrons. The molecule has 1 heterocycles. The number of hydrogen-bond donors (Lipinski definition) is 0. The molecule has 0 radical (unpaired) electrons. The fourth-order valence-corrected chi connectivity index (χ4v) is 21.6. The molecular formula is C22H24Ti. The molecule has 5 rings (SSSR count). The molecule has 0 N–H and O–H groups in total. The summed E-state index contributed by atoms with van der Waals surface area (Å²) in [5.74, 6) is 0. The van der Waals surface area contributed by atoms with Crippen molar-refractivity contribution in [3.8, 4) is 11.1 Å². The van der Waals surface area contributed by atoms with Crippen LogP contribution in [0.4, 0.5) is 0 Å². The summed E-state index contributed by atoms with van der Waals surface area (Å²) in [6.07, 6.45) is 8.33. The molecule has 0 saturated carbocycles. The molecule has 0 aromatic heterocycles. The second-order valence-electron chi connectivity index (χ2n) is 9.58. The van der Waals surface area contributed by atoms with Gasteiger partial charge in [-0.1, -0.05) is 0 Å². The summed E-state index contributed by atoms with van der Waals surface area (Å²) in [5, 5.41) is 5.48. The van der Waals surface area contributed by atoms with Crippen LogP contribution >= 0.6 is 0 Å². The number of benzene rings is 2. The minimum atomic E-state index is -3.22. The number of fused-ring (bicyclic) bond motifs is 3. The zero-order valence-electron chi connectivity index (χ0n) is 14.0. The van der Waals surface area contributed by atoms with Crippen LogP contribution in [0.1, 0.15) is 21.8 Å². The molecule has 0 bridgehead atoms. The quantitative estimate of drug-likeness (QED) is 0.531. The second kappa shape index (κ2) is 3.82. The third-order valence-corrected chi connectivity index (χ3v) is 22.5. The van der Waals surface area contributed by atoms with Crippen LogP contribution in [0, 0.1) is 0 Å².